The topological polar surface area (TPSA) is 87.2 Å². The van der Waals surface area contributed by atoms with Crippen LogP contribution in [0.4, 0.5) is 0 Å². The first-order valence-corrected chi connectivity index (χ1v) is 9.44. The highest BCUT2D eigenvalue weighted by Crippen LogP contribution is 2.42. The Morgan fingerprint density at radius 3 is 2.48 bits per heavy atom. The summed E-state index contributed by atoms with van der Waals surface area (Å²) in [6.45, 7) is 2.21. The molecule has 1 aliphatic heterocycles. The predicted molar refractivity (Wildman–Crippen MR) is 98.3 cm³/mol. The minimum Gasteiger partial charge on any atom is -0.480 e. The van der Waals surface area contributed by atoms with E-state index in [9.17, 15) is 14.4 Å². The molecule has 146 valence electrons. The van der Waals surface area contributed by atoms with E-state index in [0.717, 1.165) is 6.42 Å². The molecule has 2 fully saturated rings. The minimum absolute atomic E-state index is 0.000359. The maximum Gasteiger partial charge on any atom is 0.323 e. The number of hydrogen-bond donors (Lipinski definition) is 1. The van der Waals surface area contributed by atoms with Gasteiger partial charge in [-0.05, 0) is 31.4 Å². The van der Waals surface area contributed by atoms with Crippen molar-refractivity contribution in [3.63, 3.8) is 0 Å². The van der Waals surface area contributed by atoms with Crippen molar-refractivity contribution in [2.24, 2.45) is 0 Å². The Morgan fingerprint density at radius 1 is 1.19 bits per heavy atom. The van der Waals surface area contributed by atoms with Crippen LogP contribution in [-0.2, 0) is 14.4 Å². The molecule has 0 bridgehead atoms. The molecule has 2 aliphatic rings. The standard InChI is InChI=1S/C20H26N2O5/c1-15(23)22(14-18(24)25)16-6-5-12-21(13-9-16)19(26)20(10-11-20)27-17-7-3-2-4-8-17/h2-4,7-8,16H,5-6,9-14H2,1H3,(H,24,25). The second-order valence-electron chi connectivity index (χ2n) is 7.33. The van der Waals surface area contributed by atoms with E-state index in [1.807, 2.05) is 35.2 Å². The lowest BCUT2D eigenvalue weighted by Gasteiger charge is -2.29. The smallest absolute Gasteiger partial charge is 0.323 e. The van der Waals surface area contributed by atoms with Crippen LogP contribution in [0, 0.1) is 0 Å². The Balaban J connectivity index is 1.63. The normalized spacial score (nSPS) is 21.1. The molecule has 0 radical (unpaired) electrons. The summed E-state index contributed by atoms with van der Waals surface area (Å²) in [4.78, 5) is 39.2. The van der Waals surface area contributed by atoms with Crippen molar-refractivity contribution >= 4 is 17.8 Å². The Labute approximate surface area is 158 Å². The van der Waals surface area contributed by atoms with Crippen molar-refractivity contribution in [1.29, 1.82) is 0 Å². The molecule has 1 atom stereocenters. The Hall–Kier alpha value is -2.57. The molecule has 1 saturated heterocycles. The fourth-order valence-corrected chi connectivity index (χ4v) is 3.71. The summed E-state index contributed by atoms with van der Waals surface area (Å²) >= 11 is 0. The van der Waals surface area contributed by atoms with Crippen molar-refractivity contribution in [2.75, 3.05) is 19.6 Å². The van der Waals surface area contributed by atoms with Crippen LogP contribution in [0.1, 0.15) is 39.0 Å². The first kappa shape index (κ1) is 19.2. The van der Waals surface area contributed by atoms with Crippen LogP contribution >= 0.6 is 0 Å². The number of benzene rings is 1. The van der Waals surface area contributed by atoms with Crippen LogP contribution in [0.3, 0.4) is 0 Å². The molecule has 1 aliphatic carbocycles. The average molecular weight is 374 g/mol. The Kier molecular flexibility index (Phi) is 5.68. The number of carbonyl (C=O) groups excluding carboxylic acids is 2. The van der Waals surface area contributed by atoms with Gasteiger partial charge in [0.2, 0.25) is 5.91 Å². The highest BCUT2D eigenvalue weighted by Gasteiger charge is 2.54. The number of para-hydroxylation sites is 1. The van der Waals surface area contributed by atoms with Crippen molar-refractivity contribution in [2.45, 2.75) is 50.7 Å². The molecule has 3 rings (SSSR count). The highest BCUT2D eigenvalue weighted by atomic mass is 16.5. The van der Waals surface area contributed by atoms with E-state index in [1.54, 1.807) is 0 Å². The quantitative estimate of drug-likeness (QED) is 0.822. The lowest BCUT2D eigenvalue weighted by atomic mass is 10.1. The Bertz CT molecular complexity index is 702. The zero-order chi connectivity index (χ0) is 19.4. The second kappa shape index (κ2) is 7.98. The van der Waals surface area contributed by atoms with E-state index in [4.69, 9.17) is 9.84 Å². The number of amides is 2. The van der Waals surface area contributed by atoms with E-state index < -0.39 is 11.6 Å². The van der Waals surface area contributed by atoms with Gasteiger partial charge in [-0.25, -0.2) is 0 Å². The molecule has 1 aromatic rings. The van der Waals surface area contributed by atoms with Gasteiger partial charge in [0, 0.05) is 38.9 Å². The molecule has 1 unspecified atom stereocenters. The number of carbonyl (C=O) groups is 3. The molecule has 2 amide bonds. The molecule has 7 heteroatoms. The molecule has 27 heavy (non-hydrogen) atoms. The van der Waals surface area contributed by atoms with E-state index >= 15 is 0 Å². The maximum absolute atomic E-state index is 13.1. The van der Waals surface area contributed by atoms with Crippen LogP contribution in [0.25, 0.3) is 0 Å². The van der Waals surface area contributed by atoms with Crippen molar-refractivity contribution in [3.8, 4) is 5.75 Å². The van der Waals surface area contributed by atoms with Gasteiger partial charge in [-0.15, -0.1) is 0 Å². The van der Waals surface area contributed by atoms with E-state index in [1.165, 1.54) is 11.8 Å². The number of likely N-dealkylation sites (tertiary alicyclic amines) is 1. The van der Waals surface area contributed by atoms with Crippen molar-refractivity contribution in [3.05, 3.63) is 30.3 Å². The lowest BCUT2D eigenvalue weighted by molar-refractivity contribution is -0.145. The van der Waals surface area contributed by atoms with Gasteiger partial charge in [-0.1, -0.05) is 18.2 Å². The number of carboxylic acids is 1. The SMILES string of the molecule is CC(=O)N(CC(=O)O)C1CCCN(C(=O)C2(Oc3ccccc3)CC2)CC1. The molecule has 0 spiro atoms. The van der Waals surface area contributed by atoms with Crippen molar-refractivity contribution in [1.82, 2.24) is 9.80 Å². The molecular formula is C20H26N2O5. The second-order valence-corrected chi connectivity index (χ2v) is 7.33. The minimum atomic E-state index is -1.02. The van der Waals surface area contributed by atoms with Crippen LogP contribution in [-0.4, -0.2) is 64.0 Å². The highest BCUT2D eigenvalue weighted by molar-refractivity contribution is 5.88. The summed E-state index contributed by atoms with van der Waals surface area (Å²) in [5.41, 5.74) is -0.761. The van der Waals surface area contributed by atoms with E-state index in [2.05, 4.69) is 0 Å². The van der Waals surface area contributed by atoms with Crippen LogP contribution in [0.15, 0.2) is 30.3 Å². The number of hydrogen-bond acceptors (Lipinski definition) is 4. The summed E-state index contributed by atoms with van der Waals surface area (Å²) < 4.78 is 6.00. The third-order valence-corrected chi connectivity index (χ3v) is 5.29. The van der Waals surface area contributed by atoms with Gasteiger partial charge in [0.15, 0.2) is 5.60 Å². The Morgan fingerprint density at radius 2 is 1.89 bits per heavy atom. The van der Waals surface area contributed by atoms with Crippen LogP contribution in [0.5, 0.6) is 5.75 Å². The number of ether oxygens (including phenoxy) is 1. The molecular weight excluding hydrogens is 348 g/mol. The summed E-state index contributed by atoms with van der Waals surface area (Å²) in [7, 11) is 0. The van der Waals surface area contributed by atoms with Gasteiger partial charge < -0.3 is 19.6 Å². The van der Waals surface area contributed by atoms with Gasteiger partial charge in [0.25, 0.3) is 5.91 Å². The zero-order valence-corrected chi connectivity index (χ0v) is 15.6. The molecule has 1 saturated carbocycles. The fraction of sp³-hybridized carbons (Fsp3) is 0.550. The molecule has 0 aromatic heterocycles. The molecule has 1 heterocycles. The van der Waals surface area contributed by atoms with Gasteiger partial charge in [-0.3, -0.25) is 14.4 Å². The summed E-state index contributed by atoms with van der Waals surface area (Å²) in [5, 5.41) is 9.05. The fourth-order valence-electron chi connectivity index (χ4n) is 3.71. The maximum atomic E-state index is 13.1. The van der Waals surface area contributed by atoms with E-state index in [0.29, 0.717) is 44.5 Å². The monoisotopic (exact) mass is 374 g/mol. The average Bonchev–Trinajstić information content (AvgIpc) is 3.44. The summed E-state index contributed by atoms with van der Waals surface area (Å²) in [6.07, 6.45) is 3.43. The lowest BCUT2D eigenvalue weighted by Crippen LogP contribution is -2.45. The molecule has 7 nitrogen and oxygen atoms in total. The third-order valence-electron chi connectivity index (χ3n) is 5.29. The third kappa shape index (κ3) is 4.59. The van der Waals surface area contributed by atoms with Gasteiger partial charge in [0.1, 0.15) is 12.3 Å². The number of nitrogens with zero attached hydrogens (tertiary/aromatic N) is 2. The summed E-state index contributed by atoms with van der Waals surface area (Å²) in [6, 6.07) is 9.21. The van der Waals surface area contributed by atoms with E-state index in [-0.39, 0.29) is 24.4 Å². The largest absolute Gasteiger partial charge is 0.480 e. The number of carboxylic acid groups (broad SMARTS) is 1. The van der Waals surface area contributed by atoms with Gasteiger partial charge >= 0.3 is 5.97 Å². The predicted octanol–water partition coefficient (Wildman–Crippen LogP) is 1.91. The van der Waals surface area contributed by atoms with Gasteiger partial charge in [-0.2, -0.15) is 0 Å². The number of aliphatic carboxylic acids is 1. The first-order chi connectivity index (χ1) is 12.9. The van der Waals surface area contributed by atoms with Crippen molar-refractivity contribution < 1.29 is 24.2 Å². The first-order valence-electron chi connectivity index (χ1n) is 9.44. The number of rotatable bonds is 6. The van der Waals surface area contributed by atoms with Crippen LogP contribution in [0.2, 0.25) is 0 Å². The van der Waals surface area contributed by atoms with Crippen LogP contribution < -0.4 is 4.74 Å². The van der Waals surface area contributed by atoms with Gasteiger partial charge in [0.05, 0.1) is 0 Å². The summed E-state index contributed by atoms with van der Waals surface area (Å²) in [5.74, 6) is -0.566. The molecule has 1 N–H and O–H groups in total. The zero-order valence-electron chi connectivity index (χ0n) is 15.6. The molecule has 1 aromatic carbocycles.